The molecule has 4 heteroatoms. The molecule has 1 nitrogen and oxygen atoms in total. The van der Waals surface area contributed by atoms with Gasteiger partial charge in [0, 0.05) is 22.5 Å². The second kappa shape index (κ2) is 4.17. The highest BCUT2D eigenvalue weighted by Gasteiger charge is 2.23. The van der Waals surface area contributed by atoms with Gasteiger partial charge in [0.25, 0.3) is 0 Å². The van der Waals surface area contributed by atoms with Crippen LogP contribution >= 0.6 is 27.5 Å². The Morgan fingerprint density at radius 2 is 2.29 bits per heavy atom. The van der Waals surface area contributed by atoms with E-state index in [-0.39, 0.29) is 11.7 Å². The third-order valence-corrected chi connectivity index (χ3v) is 3.84. The highest BCUT2D eigenvalue weighted by molar-refractivity contribution is 9.10. The van der Waals surface area contributed by atoms with Crippen molar-refractivity contribution in [3.8, 4) is 0 Å². The van der Waals surface area contributed by atoms with E-state index < -0.39 is 0 Å². The Hall–Kier alpha value is -0.120. The molecule has 1 unspecified atom stereocenters. The van der Waals surface area contributed by atoms with Crippen molar-refractivity contribution in [2.75, 3.05) is 13.1 Å². The molecule has 1 fully saturated rings. The van der Waals surface area contributed by atoms with Gasteiger partial charge in [0.1, 0.15) is 5.82 Å². The molecule has 0 aliphatic carbocycles. The summed E-state index contributed by atoms with van der Waals surface area (Å²) in [5, 5.41) is 3.72. The summed E-state index contributed by atoms with van der Waals surface area (Å²) in [5.74, 6) is 0.00639. The number of hydrogen-bond acceptors (Lipinski definition) is 1. The molecule has 1 N–H and O–H groups in total. The van der Waals surface area contributed by atoms with Crippen molar-refractivity contribution in [1.29, 1.82) is 0 Å². The zero-order valence-electron chi connectivity index (χ0n) is 7.49. The minimum absolute atomic E-state index is 0.202. The van der Waals surface area contributed by atoms with Crippen molar-refractivity contribution in [2.24, 2.45) is 0 Å². The van der Waals surface area contributed by atoms with Crippen molar-refractivity contribution in [1.82, 2.24) is 5.32 Å². The summed E-state index contributed by atoms with van der Waals surface area (Å²) in [7, 11) is 0. The third-order valence-electron chi connectivity index (χ3n) is 2.55. The standard InChI is InChI=1S/C10H10BrClFN/c11-7-1-2-8(13)9(10(7)12)6-3-4-14-5-6/h1-2,6,14H,3-5H2. The molecule has 0 bridgehead atoms. The van der Waals surface area contributed by atoms with Gasteiger partial charge in [-0.25, -0.2) is 4.39 Å². The van der Waals surface area contributed by atoms with Crippen LogP contribution in [0.15, 0.2) is 16.6 Å². The molecule has 0 spiro atoms. The molecule has 1 heterocycles. The van der Waals surface area contributed by atoms with Gasteiger partial charge in [0.15, 0.2) is 0 Å². The fourth-order valence-electron chi connectivity index (χ4n) is 1.82. The van der Waals surface area contributed by atoms with Crippen LogP contribution in [0.2, 0.25) is 5.02 Å². The van der Waals surface area contributed by atoms with E-state index >= 15 is 0 Å². The molecular weight excluding hydrogens is 268 g/mol. The largest absolute Gasteiger partial charge is 0.316 e. The van der Waals surface area contributed by atoms with Crippen LogP contribution in [0.5, 0.6) is 0 Å². The summed E-state index contributed by atoms with van der Waals surface area (Å²) in [4.78, 5) is 0. The van der Waals surface area contributed by atoms with E-state index in [2.05, 4.69) is 21.2 Å². The zero-order valence-corrected chi connectivity index (χ0v) is 9.83. The van der Waals surface area contributed by atoms with Crippen molar-refractivity contribution in [3.63, 3.8) is 0 Å². The molecule has 1 aliphatic rings. The van der Waals surface area contributed by atoms with E-state index in [1.54, 1.807) is 6.07 Å². The molecular formula is C10H10BrClFN. The van der Waals surface area contributed by atoms with Crippen LogP contribution in [0, 0.1) is 5.82 Å². The van der Waals surface area contributed by atoms with Crippen molar-refractivity contribution < 1.29 is 4.39 Å². The van der Waals surface area contributed by atoms with Crippen LogP contribution in [0.1, 0.15) is 17.9 Å². The summed E-state index contributed by atoms with van der Waals surface area (Å²) in [6.45, 7) is 1.75. The normalized spacial score (nSPS) is 21.5. The molecule has 76 valence electrons. The smallest absolute Gasteiger partial charge is 0.128 e. The maximum Gasteiger partial charge on any atom is 0.128 e. The van der Waals surface area contributed by atoms with E-state index in [0.29, 0.717) is 10.6 Å². The predicted octanol–water partition coefficient (Wildman–Crippen LogP) is 3.32. The molecule has 0 radical (unpaired) electrons. The van der Waals surface area contributed by atoms with E-state index in [4.69, 9.17) is 11.6 Å². The van der Waals surface area contributed by atoms with Gasteiger partial charge in [-0.2, -0.15) is 0 Å². The molecule has 1 aliphatic heterocycles. The molecule has 1 aromatic carbocycles. The Morgan fingerprint density at radius 1 is 1.50 bits per heavy atom. The second-order valence-electron chi connectivity index (χ2n) is 3.45. The number of nitrogens with one attached hydrogen (secondary N) is 1. The number of rotatable bonds is 1. The van der Waals surface area contributed by atoms with Crippen molar-refractivity contribution >= 4 is 27.5 Å². The summed E-state index contributed by atoms with van der Waals surface area (Å²) in [6.07, 6.45) is 0.951. The van der Waals surface area contributed by atoms with Crippen molar-refractivity contribution in [2.45, 2.75) is 12.3 Å². The Kier molecular flexibility index (Phi) is 3.10. The topological polar surface area (TPSA) is 12.0 Å². The summed E-state index contributed by atoms with van der Waals surface area (Å²) >= 11 is 9.37. The monoisotopic (exact) mass is 277 g/mol. The quantitative estimate of drug-likeness (QED) is 0.777. The first-order valence-electron chi connectivity index (χ1n) is 4.54. The van der Waals surface area contributed by atoms with Gasteiger partial charge in [-0.15, -0.1) is 0 Å². The van der Waals surface area contributed by atoms with Crippen LogP contribution in [0.4, 0.5) is 4.39 Å². The lowest BCUT2D eigenvalue weighted by atomic mass is 9.98. The first kappa shape index (κ1) is 10.4. The Labute approximate surface area is 95.8 Å². The molecule has 1 saturated heterocycles. The van der Waals surface area contributed by atoms with Gasteiger partial charge in [-0.3, -0.25) is 0 Å². The van der Waals surface area contributed by atoms with E-state index in [1.165, 1.54) is 6.07 Å². The number of benzene rings is 1. The van der Waals surface area contributed by atoms with E-state index in [1.807, 2.05) is 0 Å². The summed E-state index contributed by atoms with van der Waals surface area (Å²) < 4.78 is 14.3. The first-order chi connectivity index (χ1) is 6.70. The van der Waals surface area contributed by atoms with Gasteiger partial charge < -0.3 is 5.32 Å². The SMILES string of the molecule is Fc1ccc(Br)c(Cl)c1C1CCNC1. The number of halogens is 3. The minimum Gasteiger partial charge on any atom is -0.316 e. The highest BCUT2D eigenvalue weighted by atomic mass is 79.9. The molecule has 2 rings (SSSR count). The molecule has 1 aromatic rings. The van der Waals surface area contributed by atoms with Crippen LogP contribution in [-0.2, 0) is 0 Å². The van der Waals surface area contributed by atoms with Gasteiger partial charge in [-0.1, -0.05) is 11.6 Å². The maximum atomic E-state index is 13.5. The maximum absolute atomic E-state index is 13.5. The average Bonchev–Trinajstić information content (AvgIpc) is 2.65. The lowest BCUT2D eigenvalue weighted by Crippen LogP contribution is -2.09. The first-order valence-corrected chi connectivity index (χ1v) is 5.71. The van der Waals surface area contributed by atoms with Crippen LogP contribution in [0.3, 0.4) is 0 Å². The molecule has 14 heavy (non-hydrogen) atoms. The average molecular weight is 279 g/mol. The van der Waals surface area contributed by atoms with Crippen molar-refractivity contribution in [3.05, 3.63) is 33.0 Å². The molecule has 0 saturated carbocycles. The Morgan fingerprint density at radius 3 is 2.93 bits per heavy atom. The third kappa shape index (κ3) is 1.81. The van der Waals surface area contributed by atoms with Gasteiger partial charge in [0.2, 0.25) is 0 Å². The van der Waals surface area contributed by atoms with Crippen LogP contribution in [0.25, 0.3) is 0 Å². The van der Waals surface area contributed by atoms with Crippen LogP contribution < -0.4 is 5.32 Å². The summed E-state index contributed by atoms with van der Waals surface area (Å²) in [5.41, 5.74) is 0.644. The lowest BCUT2D eigenvalue weighted by molar-refractivity contribution is 0.588. The number of hydrogen-bond donors (Lipinski definition) is 1. The molecule has 0 aromatic heterocycles. The predicted molar refractivity (Wildman–Crippen MR) is 59.3 cm³/mol. The minimum atomic E-state index is -0.202. The molecule has 1 atom stereocenters. The fourth-order valence-corrected chi connectivity index (χ4v) is 2.47. The summed E-state index contributed by atoms with van der Waals surface area (Å²) in [6, 6.07) is 3.10. The fraction of sp³-hybridized carbons (Fsp3) is 0.400. The van der Waals surface area contributed by atoms with E-state index in [0.717, 1.165) is 24.0 Å². The van der Waals surface area contributed by atoms with Crippen LogP contribution in [-0.4, -0.2) is 13.1 Å². The highest BCUT2D eigenvalue weighted by Crippen LogP contribution is 2.35. The van der Waals surface area contributed by atoms with Gasteiger partial charge in [0.05, 0.1) is 5.02 Å². The van der Waals surface area contributed by atoms with E-state index in [9.17, 15) is 4.39 Å². The second-order valence-corrected chi connectivity index (χ2v) is 4.68. The zero-order chi connectivity index (χ0) is 10.1. The Balaban J connectivity index is 2.44. The van der Waals surface area contributed by atoms with Gasteiger partial charge >= 0.3 is 0 Å². The van der Waals surface area contributed by atoms with Gasteiger partial charge in [-0.05, 0) is 41.0 Å². The molecule has 0 amide bonds. The lowest BCUT2D eigenvalue weighted by Gasteiger charge is -2.13. The Bertz CT molecular complexity index is 350.